The maximum Gasteiger partial charge on any atom is 0.161 e. The molecule has 4 aromatic rings. The van der Waals surface area contributed by atoms with E-state index in [1.54, 1.807) is 14.2 Å². The minimum Gasteiger partial charge on any atom is -0.493 e. The number of likely N-dealkylation sites (N-methyl/N-ethyl adjacent to an activating group) is 1. The lowest BCUT2D eigenvalue weighted by Gasteiger charge is -2.28. The smallest absolute Gasteiger partial charge is 0.161 e. The quantitative estimate of drug-likeness (QED) is 0.364. The van der Waals surface area contributed by atoms with Crippen LogP contribution in [0.3, 0.4) is 0 Å². The molecule has 7 heteroatoms. The van der Waals surface area contributed by atoms with E-state index in [0.717, 1.165) is 66.3 Å². The zero-order valence-electron chi connectivity index (χ0n) is 21.9. The molecule has 5 rings (SSSR count). The van der Waals surface area contributed by atoms with E-state index in [9.17, 15) is 5.26 Å². The molecule has 1 aliphatic heterocycles. The topological polar surface area (TPSA) is 66.0 Å². The van der Waals surface area contributed by atoms with E-state index in [4.69, 9.17) is 14.5 Å². The summed E-state index contributed by atoms with van der Waals surface area (Å²) in [6.45, 7) is 6.49. The van der Waals surface area contributed by atoms with Crippen molar-refractivity contribution in [3.63, 3.8) is 0 Å². The first-order valence-electron chi connectivity index (χ1n) is 12.7. The molecule has 190 valence electrons. The largest absolute Gasteiger partial charge is 0.493 e. The lowest BCUT2D eigenvalue weighted by Crippen LogP contribution is -2.32. The highest BCUT2D eigenvalue weighted by atomic mass is 16.5. The molecule has 1 atom stereocenters. The molecule has 1 aliphatic rings. The second kappa shape index (κ2) is 10.6. The summed E-state index contributed by atoms with van der Waals surface area (Å²) in [5.41, 5.74) is 6.80. The first kappa shape index (κ1) is 24.8. The van der Waals surface area contributed by atoms with Crippen LogP contribution in [0.1, 0.15) is 30.6 Å². The third-order valence-corrected chi connectivity index (χ3v) is 7.36. The van der Waals surface area contributed by atoms with Gasteiger partial charge in [-0.05, 0) is 74.5 Å². The van der Waals surface area contributed by atoms with Gasteiger partial charge in [0.15, 0.2) is 11.5 Å². The number of pyridine rings is 1. The van der Waals surface area contributed by atoms with Crippen LogP contribution in [0.25, 0.3) is 28.0 Å². The average molecular weight is 496 g/mol. The molecule has 0 bridgehead atoms. The molecule has 2 aromatic heterocycles. The number of hydrogen-bond donors (Lipinski definition) is 0. The van der Waals surface area contributed by atoms with Crippen molar-refractivity contribution in [2.45, 2.75) is 19.4 Å². The highest BCUT2D eigenvalue weighted by Gasteiger charge is 2.26. The molecule has 1 fully saturated rings. The van der Waals surface area contributed by atoms with E-state index in [-0.39, 0.29) is 6.04 Å². The summed E-state index contributed by atoms with van der Waals surface area (Å²) in [7, 11) is 5.50. The number of rotatable bonds is 6. The molecule has 7 nitrogen and oxygen atoms in total. The number of fused-ring (bicyclic) bond motifs is 1. The maximum atomic E-state index is 9.29. The normalized spacial score (nSPS) is 15.8. The zero-order valence-corrected chi connectivity index (χ0v) is 21.9. The Morgan fingerprint density at radius 3 is 2.32 bits per heavy atom. The summed E-state index contributed by atoms with van der Waals surface area (Å²) in [6, 6.07) is 20.3. The fraction of sp³-hybridized carbons (Fsp3) is 0.333. The number of methoxy groups -OCH3 is 2. The Kier molecular flexibility index (Phi) is 7.13. The lowest BCUT2D eigenvalue weighted by molar-refractivity contribution is 0.213. The van der Waals surface area contributed by atoms with E-state index < -0.39 is 0 Å². The summed E-state index contributed by atoms with van der Waals surface area (Å²) in [4.78, 5) is 10.0. The van der Waals surface area contributed by atoms with Gasteiger partial charge in [0.05, 0.1) is 37.2 Å². The number of benzene rings is 2. The van der Waals surface area contributed by atoms with Gasteiger partial charge in [0.25, 0.3) is 0 Å². The van der Waals surface area contributed by atoms with Gasteiger partial charge in [0.1, 0.15) is 5.65 Å². The van der Waals surface area contributed by atoms with Crippen molar-refractivity contribution in [3.8, 4) is 40.0 Å². The summed E-state index contributed by atoms with van der Waals surface area (Å²) >= 11 is 0. The molecule has 0 aliphatic carbocycles. The van der Waals surface area contributed by atoms with E-state index in [2.05, 4.69) is 58.6 Å². The molecule has 3 heterocycles. The SMILES string of the molecule is COc1ccc(-c2ccc3nc(-c4ccc(C#N)cc4)c(C(C)N4CCCN(C)CC4)n3c2)cc1OC. The summed E-state index contributed by atoms with van der Waals surface area (Å²) in [5.74, 6) is 1.41. The molecule has 1 saturated heterocycles. The molecule has 1 unspecified atom stereocenters. The predicted molar refractivity (Wildman–Crippen MR) is 146 cm³/mol. The van der Waals surface area contributed by atoms with Crippen molar-refractivity contribution < 1.29 is 9.47 Å². The molecule has 0 spiro atoms. The van der Waals surface area contributed by atoms with E-state index >= 15 is 0 Å². The van der Waals surface area contributed by atoms with Crippen LogP contribution in [0.4, 0.5) is 0 Å². The van der Waals surface area contributed by atoms with E-state index in [0.29, 0.717) is 17.1 Å². The van der Waals surface area contributed by atoms with Gasteiger partial charge in [-0.1, -0.05) is 18.2 Å². The Bertz CT molecular complexity index is 1440. The summed E-state index contributed by atoms with van der Waals surface area (Å²) in [5, 5.41) is 9.29. The number of nitrogens with zero attached hydrogens (tertiary/aromatic N) is 5. The minimum absolute atomic E-state index is 0.160. The molecular weight excluding hydrogens is 462 g/mol. The zero-order chi connectivity index (χ0) is 25.9. The van der Waals surface area contributed by atoms with Crippen molar-refractivity contribution in [2.24, 2.45) is 0 Å². The van der Waals surface area contributed by atoms with Crippen LogP contribution < -0.4 is 9.47 Å². The molecule has 2 aromatic carbocycles. The van der Waals surface area contributed by atoms with Gasteiger partial charge in [-0.2, -0.15) is 5.26 Å². The van der Waals surface area contributed by atoms with Gasteiger partial charge in [0, 0.05) is 37.4 Å². The second-order valence-electron chi connectivity index (χ2n) is 9.62. The molecule has 37 heavy (non-hydrogen) atoms. The van der Waals surface area contributed by atoms with E-state index in [1.807, 2.05) is 36.4 Å². The number of hydrogen-bond acceptors (Lipinski definition) is 6. The monoisotopic (exact) mass is 495 g/mol. The molecule has 0 radical (unpaired) electrons. The van der Waals surface area contributed by atoms with Gasteiger partial charge < -0.3 is 18.8 Å². The van der Waals surface area contributed by atoms with Crippen LogP contribution in [0.2, 0.25) is 0 Å². The third kappa shape index (κ3) is 4.91. The number of imidazole rings is 1. The van der Waals surface area contributed by atoms with Crippen LogP contribution in [0, 0.1) is 11.3 Å². The third-order valence-electron chi connectivity index (χ3n) is 7.36. The van der Waals surface area contributed by atoms with Crippen LogP contribution in [-0.2, 0) is 0 Å². The lowest BCUT2D eigenvalue weighted by atomic mass is 10.0. The number of ether oxygens (including phenoxy) is 2. The van der Waals surface area contributed by atoms with Gasteiger partial charge >= 0.3 is 0 Å². The fourth-order valence-electron chi connectivity index (χ4n) is 5.19. The standard InChI is InChI=1S/C30H33N5O2/c1-21(34-15-5-14-33(2)16-17-34)30-29(23-8-6-22(19-31)7-9-23)32-28-13-11-25(20-35(28)30)24-10-12-26(36-3)27(18-24)37-4/h6-13,18,20-21H,5,14-17H2,1-4H3. The first-order valence-corrected chi connectivity index (χ1v) is 12.7. The minimum atomic E-state index is 0.160. The fourth-order valence-corrected chi connectivity index (χ4v) is 5.19. The highest BCUT2D eigenvalue weighted by molar-refractivity contribution is 5.72. The number of aromatic nitrogens is 2. The van der Waals surface area contributed by atoms with Crippen LogP contribution in [0.15, 0.2) is 60.8 Å². The second-order valence-corrected chi connectivity index (χ2v) is 9.62. The summed E-state index contributed by atoms with van der Waals surface area (Å²) in [6.07, 6.45) is 3.31. The van der Waals surface area contributed by atoms with Crippen LogP contribution in [-0.4, -0.2) is 66.6 Å². The predicted octanol–water partition coefficient (Wildman–Crippen LogP) is 5.26. The Hall–Kier alpha value is -3.86. The maximum absolute atomic E-state index is 9.29. The Balaban J connectivity index is 1.65. The van der Waals surface area contributed by atoms with Gasteiger partial charge in [-0.25, -0.2) is 4.98 Å². The van der Waals surface area contributed by atoms with Crippen molar-refractivity contribution >= 4 is 5.65 Å². The van der Waals surface area contributed by atoms with Gasteiger partial charge in [-0.15, -0.1) is 0 Å². The van der Waals surface area contributed by atoms with Crippen molar-refractivity contribution in [3.05, 3.63) is 72.1 Å². The Morgan fingerprint density at radius 1 is 0.865 bits per heavy atom. The van der Waals surface area contributed by atoms with Gasteiger partial charge in [-0.3, -0.25) is 4.90 Å². The van der Waals surface area contributed by atoms with Crippen LogP contribution >= 0.6 is 0 Å². The van der Waals surface area contributed by atoms with E-state index in [1.165, 1.54) is 0 Å². The van der Waals surface area contributed by atoms with Crippen molar-refractivity contribution in [1.29, 1.82) is 5.26 Å². The highest BCUT2D eigenvalue weighted by Crippen LogP contribution is 2.36. The van der Waals surface area contributed by atoms with Crippen molar-refractivity contribution in [2.75, 3.05) is 47.4 Å². The summed E-state index contributed by atoms with van der Waals surface area (Å²) < 4.78 is 13.2. The van der Waals surface area contributed by atoms with Crippen molar-refractivity contribution in [1.82, 2.24) is 19.2 Å². The molecule has 0 N–H and O–H groups in total. The Morgan fingerprint density at radius 2 is 1.59 bits per heavy atom. The molecular formula is C30H33N5O2. The van der Waals surface area contributed by atoms with Gasteiger partial charge in [0.2, 0.25) is 0 Å². The number of nitriles is 1. The van der Waals surface area contributed by atoms with Crippen LogP contribution in [0.5, 0.6) is 11.5 Å². The average Bonchev–Trinajstić information content (AvgIpc) is 3.18. The first-order chi connectivity index (χ1) is 18.0. The Labute approximate surface area is 218 Å². The molecule has 0 amide bonds. The molecule has 0 saturated carbocycles.